The van der Waals surface area contributed by atoms with Gasteiger partial charge in [0.25, 0.3) is 0 Å². The molecule has 0 N–H and O–H groups in total. The molecule has 2 heterocycles. The van der Waals surface area contributed by atoms with E-state index >= 15 is 0 Å². The van der Waals surface area contributed by atoms with E-state index in [1.165, 1.54) is 19.1 Å². The fraction of sp³-hybridized carbons (Fsp3) is 0.609. The highest BCUT2D eigenvalue weighted by Gasteiger charge is 2.55. The molecule has 2 atom stereocenters. The lowest BCUT2D eigenvalue weighted by Gasteiger charge is -2.38. The van der Waals surface area contributed by atoms with Gasteiger partial charge in [0.05, 0.1) is 38.3 Å². The highest BCUT2D eigenvalue weighted by Crippen LogP contribution is 2.44. The van der Waals surface area contributed by atoms with Crippen LogP contribution in [-0.2, 0) is 29.3 Å². The Kier molecular flexibility index (Phi) is 7.67. The molecule has 0 radical (unpaired) electrons. The molecule has 1 aromatic carbocycles. The van der Waals surface area contributed by atoms with E-state index in [0.29, 0.717) is 24.5 Å². The van der Waals surface area contributed by atoms with Gasteiger partial charge in [-0.1, -0.05) is 18.2 Å². The predicted molar refractivity (Wildman–Crippen MR) is 114 cm³/mol. The van der Waals surface area contributed by atoms with Crippen molar-refractivity contribution in [2.45, 2.75) is 43.6 Å². The van der Waals surface area contributed by atoms with Gasteiger partial charge in [-0.25, -0.2) is 0 Å². The Morgan fingerprint density at radius 3 is 2.61 bits per heavy atom. The summed E-state index contributed by atoms with van der Waals surface area (Å²) in [6, 6.07) is 7.12. The van der Waals surface area contributed by atoms with Gasteiger partial charge in [-0.15, -0.1) is 0 Å². The van der Waals surface area contributed by atoms with Crippen molar-refractivity contribution in [2.24, 2.45) is 0 Å². The summed E-state index contributed by atoms with van der Waals surface area (Å²) in [5.41, 5.74) is -0.715. The topological polar surface area (TPSA) is 85.4 Å². The van der Waals surface area contributed by atoms with E-state index in [4.69, 9.17) is 14.2 Å². The fourth-order valence-corrected chi connectivity index (χ4v) is 4.75. The molecule has 2 aliphatic rings. The summed E-state index contributed by atoms with van der Waals surface area (Å²) in [6.07, 6.45) is 2.68. The van der Waals surface area contributed by atoms with Crippen molar-refractivity contribution in [3.63, 3.8) is 0 Å². The Bertz CT molecular complexity index is 811. The lowest BCUT2D eigenvalue weighted by molar-refractivity contribution is -0.144. The van der Waals surface area contributed by atoms with Crippen molar-refractivity contribution in [2.75, 3.05) is 47.6 Å². The molecule has 0 spiro atoms. The first-order chi connectivity index (χ1) is 15.0. The lowest BCUT2D eigenvalue weighted by atomic mass is 9.75. The van der Waals surface area contributed by atoms with Gasteiger partial charge in [0, 0.05) is 39.2 Å². The van der Waals surface area contributed by atoms with Crippen LogP contribution in [0.25, 0.3) is 0 Å². The van der Waals surface area contributed by atoms with Crippen molar-refractivity contribution < 1.29 is 28.6 Å². The zero-order valence-corrected chi connectivity index (χ0v) is 18.6. The molecule has 2 aliphatic heterocycles. The smallest absolute Gasteiger partial charge is 0.241 e. The van der Waals surface area contributed by atoms with Crippen LogP contribution >= 0.6 is 0 Å². The summed E-state index contributed by atoms with van der Waals surface area (Å²) < 4.78 is 15.9. The van der Waals surface area contributed by atoms with Gasteiger partial charge >= 0.3 is 0 Å². The number of piperidine rings is 1. The van der Waals surface area contributed by atoms with Gasteiger partial charge in [0.2, 0.25) is 17.7 Å². The third kappa shape index (κ3) is 4.60. The van der Waals surface area contributed by atoms with Gasteiger partial charge in [-0.3, -0.25) is 19.3 Å². The van der Waals surface area contributed by atoms with Crippen molar-refractivity contribution in [1.82, 2.24) is 9.80 Å². The van der Waals surface area contributed by atoms with Crippen LogP contribution in [0.5, 0.6) is 5.75 Å². The van der Waals surface area contributed by atoms with Gasteiger partial charge in [-0.2, -0.15) is 0 Å². The number of likely N-dealkylation sites (tertiary alicyclic amines) is 2. The number of amides is 3. The van der Waals surface area contributed by atoms with Crippen molar-refractivity contribution in [1.29, 1.82) is 0 Å². The normalized spacial score (nSPS) is 24.0. The van der Waals surface area contributed by atoms with Gasteiger partial charge in [-0.05, 0) is 25.3 Å². The number of rotatable bonds is 9. The Morgan fingerprint density at radius 2 is 1.90 bits per heavy atom. The van der Waals surface area contributed by atoms with Crippen LogP contribution in [-0.4, -0.2) is 81.2 Å². The number of hydrogen-bond acceptors (Lipinski definition) is 6. The summed E-state index contributed by atoms with van der Waals surface area (Å²) in [5, 5.41) is 0. The second-order valence-electron chi connectivity index (χ2n) is 8.17. The number of para-hydroxylation sites is 1. The van der Waals surface area contributed by atoms with Crippen LogP contribution in [0.2, 0.25) is 0 Å². The molecule has 3 amide bonds. The molecule has 0 unspecified atom stereocenters. The zero-order valence-electron chi connectivity index (χ0n) is 18.6. The number of carbonyl (C=O) groups excluding carboxylic acids is 3. The lowest BCUT2D eigenvalue weighted by Crippen LogP contribution is -2.49. The van der Waals surface area contributed by atoms with Gasteiger partial charge in [0.15, 0.2) is 0 Å². The number of benzene rings is 1. The first-order valence-electron chi connectivity index (χ1n) is 10.7. The molecule has 8 nitrogen and oxygen atoms in total. The van der Waals surface area contributed by atoms with Crippen LogP contribution in [0.15, 0.2) is 24.3 Å². The second kappa shape index (κ2) is 10.2. The number of ether oxygens (including phenoxy) is 3. The average molecular weight is 433 g/mol. The third-order valence-corrected chi connectivity index (χ3v) is 6.31. The number of hydrogen-bond donors (Lipinski definition) is 0. The Morgan fingerprint density at radius 1 is 1.13 bits per heavy atom. The highest BCUT2D eigenvalue weighted by molar-refractivity contribution is 6.11. The average Bonchev–Trinajstić information content (AvgIpc) is 3.02. The van der Waals surface area contributed by atoms with Crippen LogP contribution in [0.4, 0.5) is 0 Å². The van der Waals surface area contributed by atoms with Crippen LogP contribution < -0.4 is 4.74 Å². The van der Waals surface area contributed by atoms with E-state index in [0.717, 1.165) is 19.3 Å². The molecule has 0 aliphatic carbocycles. The molecule has 0 bridgehead atoms. The summed E-state index contributed by atoms with van der Waals surface area (Å²) in [6.45, 7) is 1.50. The van der Waals surface area contributed by atoms with E-state index in [9.17, 15) is 14.4 Å². The largest absolute Gasteiger partial charge is 0.496 e. The predicted octanol–water partition coefficient (Wildman–Crippen LogP) is 1.76. The summed E-state index contributed by atoms with van der Waals surface area (Å²) in [5.74, 6) is -0.305. The monoisotopic (exact) mass is 432 g/mol. The van der Waals surface area contributed by atoms with E-state index in [1.54, 1.807) is 31.4 Å². The Balaban J connectivity index is 1.98. The fourth-order valence-electron chi connectivity index (χ4n) is 4.75. The molecule has 170 valence electrons. The van der Waals surface area contributed by atoms with Crippen molar-refractivity contribution in [3.8, 4) is 5.75 Å². The van der Waals surface area contributed by atoms with Crippen molar-refractivity contribution >= 4 is 17.7 Å². The molecule has 3 rings (SSSR count). The van der Waals surface area contributed by atoms with E-state index in [-0.39, 0.29) is 49.8 Å². The van der Waals surface area contributed by atoms with Crippen LogP contribution in [0.3, 0.4) is 0 Å². The van der Waals surface area contributed by atoms with E-state index < -0.39 is 5.41 Å². The van der Waals surface area contributed by atoms with Crippen LogP contribution in [0.1, 0.15) is 37.7 Å². The molecule has 31 heavy (non-hydrogen) atoms. The Hall–Kier alpha value is -2.45. The van der Waals surface area contributed by atoms with Crippen LogP contribution in [0, 0.1) is 0 Å². The summed E-state index contributed by atoms with van der Waals surface area (Å²) >= 11 is 0. The minimum Gasteiger partial charge on any atom is -0.496 e. The molecule has 0 aromatic heterocycles. The minimum atomic E-state index is -1.29. The van der Waals surface area contributed by atoms with E-state index in [2.05, 4.69) is 0 Å². The second-order valence-corrected chi connectivity index (χ2v) is 8.17. The number of nitrogens with zero attached hydrogens (tertiary/aromatic N) is 2. The molecule has 0 saturated carbocycles. The number of methoxy groups -OCH3 is 3. The maximum absolute atomic E-state index is 13.6. The number of imide groups is 1. The zero-order chi connectivity index (χ0) is 22.4. The molecule has 2 saturated heterocycles. The maximum Gasteiger partial charge on any atom is 0.241 e. The van der Waals surface area contributed by atoms with Gasteiger partial charge in [0.1, 0.15) is 5.75 Å². The van der Waals surface area contributed by atoms with Gasteiger partial charge < -0.3 is 19.1 Å². The highest BCUT2D eigenvalue weighted by atomic mass is 16.5. The Labute approximate surface area is 183 Å². The SMILES string of the molecule is COCCN1C(=O)C[C@](CC(=O)N2CCCC[C@H]2COC)(c2ccccc2OC)C1=O. The molecule has 1 aromatic rings. The number of carbonyl (C=O) groups is 3. The molecule has 8 heteroatoms. The minimum absolute atomic E-state index is 0.0160. The first kappa shape index (κ1) is 23.2. The maximum atomic E-state index is 13.6. The summed E-state index contributed by atoms with van der Waals surface area (Å²) in [7, 11) is 4.67. The molecular formula is C23H32N2O6. The molecular weight excluding hydrogens is 400 g/mol. The standard InChI is InChI=1S/C23H32N2O6/c1-29-13-12-25-21(27)15-23(22(25)28,18-9-4-5-10-19(18)31-3)14-20(26)24-11-7-6-8-17(24)16-30-2/h4-5,9-10,17H,6-8,11-16H2,1-3H3/t17-,23+/m0/s1. The summed E-state index contributed by atoms with van der Waals surface area (Å²) in [4.78, 5) is 43.1. The molecule has 2 fully saturated rings. The quantitative estimate of drug-likeness (QED) is 0.553. The van der Waals surface area contributed by atoms with E-state index in [1.807, 2.05) is 4.90 Å². The first-order valence-corrected chi connectivity index (χ1v) is 10.7. The van der Waals surface area contributed by atoms with Crippen molar-refractivity contribution in [3.05, 3.63) is 29.8 Å². The third-order valence-electron chi connectivity index (χ3n) is 6.31.